The summed E-state index contributed by atoms with van der Waals surface area (Å²) >= 11 is 1.44. The van der Waals surface area contributed by atoms with Crippen LogP contribution in [0.5, 0.6) is 0 Å². The van der Waals surface area contributed by atoms with Gasteiger partial charge in [-0.3, -0.25) is 0 Å². The number of imidazole rings is 1. The molecule has 9 heteroatoms. The third-order valence-corrected chi connectivity index (χ3v) is 4.12. The number of hydrogen-bond donors (Lipinski definition) is 3. The van der Waals surface area contributed by atoms with Gasteiger partial charge in [-0.25, -0.2) is 30.8 Å². The Morgan fingerprint density at radius 1 is 1.24 bits per heavy atom. The Morgan fingerprint density at radius 2 is 2.14 bits per heavy atom. The average Bonchev–Trinajstić information content (AvgIpc) is 3.25. The minimum atomic E-state index is 0.454. The third-order valence-electron chi connectivity index (χ3n) is 3.20. The number of nitrogens with two attached hydrogens (primary N) is 1. The first-order chi connectivity index (χ1) is 10.3. The van der Waals surface area contributed by atoms with Crippen LogP contribution in [0.1, 0.15) is 24.6 Å². The predicted octanol–water partition coefficient (Wildman–Crippen LogP) is 1.46. The molecule has 0 bridgehead atoms. The molecule has 0 radical (unpaired) electrons. The lowest BCUT2D eigenvalue weighted by atomic mass is 10.4. The Balaban J connectivity index is 1.73. The van der Waals surface area contributed by atoms with Gasteiger partial charge >= 0.3 is 0 Å². The number of aromatic nitrogens is 6. The van der Waals surface area contributed by atoms with Gasteiger partial charge in [0.1, 0.15) is 33.5 Å². The molecule has 1 aliphatic rings. The summed E-state index contributed by atoms with van der Waals surface area (Å²) in [4.78, 5) is 24.5. The van der Waals surface area contributed by atoms with E-state index in [0.29, 0.717) is 17.4 Å². The molecule has 1 aliphatic carbocycles. The fourth-order valence-electron chi connectivity index (χ4n) is 2.01. The molecule has 0 spiro atoms. The molecule has 21 heavy (non-hydrogen) atoms. The van der Waals surface area contributed by atoms with E-state index in [1.54, 1.807) is 12.4 Å². The lowest BCUT2D eigenvalue weighted by molar-refractivity contribution is 0.877. The second-order valence-electron chi connectivity index (χ2n) is 4.75. The first kappa shape index (κ1) is 12.5. The van der Waals surface area contributed by atoms with E-state index in [9.17, 15) is 0 Å². The van der Waals surface area contributed by atoms with Gasteiger partial charge in [0.25, 0.3) is 0 Å². The Bertz CT molecular complexity index is 797. The molecular weight excluding hydrogens is 288 g/mol. The molecule has 3 aromatic heterocycles. The Kier molecular flexibility index (Phi) is 2.93. The molecule has 3 aromatic rings. The van der Waals surface area contributed by atoms with Crippen molar-refractivity contribution in [1.29, 1.82) is 0 Å². The number of anilines is 1. The van der Waals surface area contributed by atoms with Crippen LogP contribution in [-0.4, -0.2) is 29.9 Å². The second kappa shape index (κ2) is 4.93. The maximum Gasteiger partial charge on any atom is 0.181 e. The molecule has 0 aromatic carbocycles. The third kappa shape index (κ3) is 2.41. The average molecular weight is 300 g/mol. The fourth-order valence-corrected chi connectivity index (χ4v) is 2.87. The van der Waals surface area contributed by atoms with Crippen molar-refractivity contribution in [2.75, 3.05) is 5.43 Å². The molecule has 0 amide bonds. The summed E-state index contributed by atoms with van der Waals surface area (Å²) in [5.74, 6) is 7.39. The van der Waals surface area contributed by atoms with Crippen LogP contribution in [0.3, 0.4) is 0 Å². The van der Waals surface area contributed by atoms with Gasteiger partial charge in [0.15, 0.2) is 5.65 Å². The quantitative estimate of drug-likeness (QED) is 0.376. The van der Waals surface area contributed by atoms with Gasteiger partial charge < -0.3 is 10.4 Å². The van der Waals surface area contributed by atoms with Gasteiger partial charge in [-0.2, -0.15) is 0 Å². The first-order valence-corrected chi connectivity index (χ1v) is 7.32. The molecule has 4 rings (SSSR count). The molecule has 0 saturated heterocycles. The number of hydrazine groups is 1. The number of rotatable bonds is 4. The van der Waals surface area contributed by atoms with E-state index in [4.69, 9.17) is 5.84 Å². The number of nitrogens with zero attached hydrogens (tertiary/aromatic N) is 5. The van der Waals surface area contributed by atoms with E-state index in [-0.39, 0.29) is 0 Å². The van der Waals surface area contributed by atoms with E-state index in [1.807, 2.05) is 0 Å². The fraction of sp³-hybridized carbons (Fsp3) is 0.250. The summed E-state index contributed by atoms with van der Waals surface area (Å²) in [5, 5.41) is 1.58. The predicted molar refractivity (Wildman–Crippen MR) is 77.6 cm³/mol. The number of aromatic amines is 1. The van der Waals surface area contributed by atoms with Gasteiger partial charge in [0.05, 0.1) is 6.33 Å². The van der Waals surface area contributed by atoms with Gasteiger partial charge in [-0.05, 0) is 24.6 Å². The SMILES string of the molecule is NNc1cc(Sc2ncnc3nc[nH]c23)nc(C2CC2)n1. The molecule has 0 aliphatic heterocycles. The Hall–Kier alpha value is -2.26. The van der Waals surface area contributed by atoms with Crippen molar-refractivity contribution >= 4 is 28.7 Å². The summed E-state index contributed by atoms with van der Waals surface area (Å²) in [6.07, 6.45) is 5.37. The largest absolute Gasteiger partial charge is 0.341 e. The smallest absolute Gasteiger partial charge is 0.181 e. The van der Waals surface area contributed by atoms with E-state index in [1.165, 1.54) is 18.1 Å². The summed E-state index contributed by atoms with van der Waals surface area (Å²) in [6, 6.07) is 1.81. The highest BCUT2D eigenvalue weighted by Gasteiger charge is 2.27. The van der Waals surface area contributed by atoms with Gasteiger partial charge in [0, 0.05) is 12.0 Å². The molecule has 4 N–H and O–H groups in total. The van der Waals surface area contributed by atoms with Crippen LogP contribution in [0, 0.1) is 0 Å². The van der Waals surface area contributed by atoms with Crippen LogP contribution in [-0.2, 0) is 0 Å². The zero-order chi connectivity index (χ0) is 14.2. The van der Waals surface area contributed by atoms with E-state index in [0.717, 1.165) is 34.2 Å². The molecule has 1 saturated carbocycles. The highest BCUT2D eigenvalue weighted by molar-refractivity contribution is 7.99. The van der Waals surface area contributed by atoms with Crippen molar-refractivity contribution in [3.63, 3.8) is 0 Å². The number of nitrogen functional groups attached to an aromatic ring is 1. The highest BCUT2D eigenvalue weighted by Crippen LogP contribution is 2.39. The Labute approximate surface area is 124 Å². The molecule has 106 valence electrons. The van der Waals surface area contributed by atoms with Crippen molar-refractivity contribution < 1.29 is 0 Å². The van der Waals surface area contributed by atoms with Gasteiger partial charge in [0.2, 0.25) is 0 Å². The minimum Gasteiger partial charge on any atom is -0.341 e. The number of hydrogen-bond acceptors (Lipinski definition) is 8. The molecule has 0 unspecified atom stereocenters. The van der Waals surface area contributed by atoms with Gasteiger partial charge in [-0.15, -0.1) is 0 Å². The molecule has 0 atom stereocenters. The van der Waals surface area contributed by atoms with Crippen molar-refractivity contribution in [3.05, 3.63) is 24.5 Å². The standard InChI is InChI=1S/C12H12N8S/c13-20-7-3-8(19-10(18-7)6-1-2-6)21-12-9-11(15-4-14-9)16-5-17-12/h3-6H,1-2,13H2,(H,18,19,20)(H,14,15,16,17). The number of nitrogens with one attached hydrogen (secondary N) is 2. The maximum absolute atomic E-state index is 5.48. The van der Waals surface area contributed by atoms with E-state index in [2.05, 4.69) is 35.3 Å². The van der Waals surface area contributed by atoms with Crippen LogP contribution in [0.2, 0.25) is 0 Å². The number of fused-ring (bicyclic) bond motifs is 1. The van der Waals surface area contributed by atoms with Crippen LogP contribution < -0.4 is 11.3 Å². The minimum absolute atomic E-state index is 0.454. The number of H-pyrrole nitrogens is 1. The lowest BCUT2D eigenvalue weighted by Crippen LogP contribution is -2.10. The summed E-state index contributed by atoms with van der Waals surface area (Å²) in [6.45, 7) is 0. The van der Waals surface area contributed by atoms with Crippen molar-refractivity contribution in [2.24, 2.45) is 5.84 Å². The molecule has 8 nitrogen and oxygen atoms in total. The van der Waals surface area contributed by atoms with Crippen LogP contribution in [0.25, 0.3) is 11.2 Å². The van der Waals surface area contributed by atoms with Crippen LogP contribution >= 0.6 is 11.8 Å². The van der Waals surface area contributed by atoms with Gasteiger partial charge in [-0.1, -0.05) is 0 Å². The molecule has 1 fully saturated rings. The zero-order valence-corrected chi connectivity index (χ0v) is 11.8. The van der Waals surface area contributed by atoms with Crippen LogP contribution in [0.4, 0.5) is 5.82 Å². The first-order valence-electron chi connectivity index (χ1n) is 6.51. The molecular formula is C12H12N8S. The Morgan fingerprint density at radius 3 is 2.95 bits per heavy atom. The maximum atomic E-state index is 5.48. The van der Waals surface area contributed by atoms with Crippen molar-refractivity contribution in [3.8, 4) is 0 Å². The van der Waals surface area contributed by atoms with Crippen molar-refractivity contribution in [2.45, 2.75) is 28.8 Å². The van der Waals surface area contributed by atoms with Crippen LogP contribution in [0.15, 0.2) is 28.8 Å². The summed E-state index contributed by atoms with van der Waals surface area (Å²) in [5.41, 5.74) is 4.03. The topological polar surface area (TPSA) is 118 Å². The summed E-state index contributed by atoms with van der Waals surface area (Å²) < 4.78 is 0. The normalized spacial score (nSPS) is 14.5. The van der Waals surface area contributed by atoms with Crippen molar-refractivity contribution in [1.82, 2.24) is 29.9 Å². The highest BCUT2D eigenvalue weighted by atomic mass is 32.2. The lowest BCUT2D eigenvalue weighted by Gasteiger charge is -2.06. The monoisotopic (exact) mass is 300 g/mol. The van der Waals surface area contributed by atoms with E-state index < -0.39 is 0 Å². The summed E-state index contributed by atoms with van der Waals surface area (Å²) in [7, 11) is 0. The van der Waals surface area contributed by atoms with E-state index >= 15 is 0 Å². The molecule has 3 heterocycles. The zero-order valence-electron chi connectivity index (χ0n) is 10.9. The second-order valence-corrected chi connectivity index (χ2v) is 5.76.